The number of carbonyl (C=O) groups excluding carboxylic acids is 1. The van der Waals surface area contributed by atoms with E-state index in [0.29, 0.717) is 26.4 Å². The highest BCUT2D eigenvalue weighted by molar-refractivity contribution is 7.08. The molecule has 2 aliphatic rings. The van der Waals surface area contributed by atoms with Crippen LogP contribution >= 0.6 is 11.3 Å². The van der Waals surface area contributed by atoms with Crippen molar-refractivity contribution in [2.75, 3.05) is 33.0 Å². The van der Waals surface area contributed by atoms with Crippen molar-refractivity contribution in [2.45, 2.75) is 12.0 Å². The quantitative estimate of drug-likeness (QED) is 0.759. The van der Waals surface area contributed by atoms with Crippen molar-refractivity contribution in [2.24, 2.45) is 0 Å². The molecule has 0 N–H and O–H groups in total. The zero-order valence-electron chi connectivity index (χ0n) is 9.55. The Morgan fingerprint density at radius 3 is 2.88 bits per heavy atom. The first-order valence-electron chi connectivity index (χ1n) is 5.82. The van der Waals surface area contributed by atoms with Gasteiger partial charge in [0.1, 0.15) is 0 Å². The number of ether oxygens (including phenoxy) is 2. The summed E-state index contributed by atoms with van der Waals surface area (Å²) in [4.78, 5) is 14.4. The molecular weight excluding hydrogens is 238 g/mol. The SMILES string of the molecule is O=C(c1ccsc1)N1CCOC[C@@]12CCOC2. The molecule has 2 fully saturated rings. The van der Waals surface area contributed by atoms with E-state index in [4.69, 9.17) is 9.47 Å². The summed E-state index contributed by atoms with van der Waals surface area (Å²) in [5.41, 5.74) is 0.556. The molecule has 2 saturated heterocycles. The van der Waals surface area contributed by atoms with Crippen molar-refractivity contribution in [3.63, 3.8) is 0 Å². The average molecular weight is 253 g/mol. The minimum Gasteiger partial charge on any atom is -0.379 e. The molecule has 1 aromatic rings. The van der Waals surface area contributed by atoms with E-state index in [1.807, 2.05) is 21.7 Å². The molecular formula is C12H15NO3S. The van der Waals surface area contributed by atoms with Crippen molar-refractivity contribution in [1.82, 2.24) is 4.90 Å². The number of thiophene rings is 1. The second kappa shape index (κ2) is 4.40. The normalized spacial score (nSPS) is 28.8. The van der Waals surface area contributed by atoms with Crippen LogP contribution in [0.1, 0.15) is 16.8 Å². The van der Waals surface area contributed by atoms with Gasteiger partial charge in [-0.1, -0.05) is 0 Å². The highest BCUT2D eigenvalue weighted by atomic mass is 32.1. The summed E-state index contributed by atoms with van der Waals surface area (Å²) in [5.74, 6) is 0.111. The molecule has 4 nitrogen and oxygen atoms in total. The number of nitrogens with zero attached hydrogens (tertiary/aromatic N) is 1. The van der Waals surface area contributed by atoms with E-state index in [2.05, 4.69) is 0 Å². The van der Waals surface area contributed by atoms with E-state index in [1.165, 1.54) is 0 Å². The third-order valence-corrected chi connectivity index (χ3v) is 4.18. The van der Waals surface area contributed by atoms with Gasteiger partial charge >= 0.3 is 0 Å². The van der Waals surface area contributed by atoms with E-state index < -0.39 is 0 Å². The first-order chi connectivity index (χ1) is 8.32. The molecule has 2 aliphatic heterocycles. The zero-order chi connectivity index (χ0) is 11.7. The van der Waals surface area contributed by atoms with E-state index in [1.54, 1.807) is 11.3 Å². The van der Waals surface area contributed by atoms with Gasteiger partial charge in [-0.2, -0.15) is 11.3 Å². The highest BCUT2D eigenvalue weighted by Crippen LogP contribution is 2.30. The Morgan fingerprint density at radius 2 is 2.18 bits per heavy atom. The Balaban J connectivity index is 1.86. The predicted octanol–water partition coefficient (Wildman–Crippen LogP) is 1.38. The molecule has 0 unspecified atom stereocenters. The number of morpholine rings is 1. The highest BCUT2D eigenvalue weighted by Gasteiger charge is 2.45. The zero-order valence-corrected chi connectivity index (χ0v) is 10.4. The van der Waals surface area contributed by atoms with Crippen LogP contribution in [0.4, 0.5) is 0 Å². The first-order valence-corrected chi connectivity index (χ1v) is 6.76. The second-order valence-electron chi connectivity index (χ2n) is 4.55. The maximum absolute atomic E-state index is 12.4. The smallest absolute Gasteiger partial charge is 0.255 e. The molecule has 1 amide bonds. The fourth-order valence-electron chi connectivity index (χ4n) is 2.52. The van der Waals surface area contributed by atoms with Gasteiger partial charge in [0.15, 0.2) is 0 Å². The molecule has 1 spiro atoms. The molecule has 92 valence electrons. The number of hydrogen-bond donors (Lipinski definition) is 0. The molecule has 3 heterocycles. The predicted molar refractivity (Wildman–Crippen MR) is 64.3 cm³/mol. The minimum absolute atomic E-state index is 0.111. The Kier molecular flexibility index (Phi) is 2.90. The summed E-state index contributed by atoms with van der Waals surface area (Å²) in [6.45, 7) is 3.21. The maximum Gasteiger partial charge on any atom is 0.255 e. The van der Waals surface area contributed by atoms with Gasteiger partial charge in [0.25, 0.3) is 5.91 Å². The van der Waals surface area contributed by atoms with Crippen molar-refractivity contribution in [3.8, 4) is 0 Å². The molecule has 1 atom stereocenters. The standard InChI is InChI=1S/C12H15NO3S/c14-11(10-1-6-17-7-10)13-3-5-16-9-12(13)2-4-15-8-12/h1,6-7H,2-5,8-9H2/t12-/m0/s1. The fraction of sp³-hybridized carbons (Fsp3) is 0.583. The van der Waals surface area contributed by atoms with Gasteiger partial charge < -0.3 is 14.4 Å². The molecule has 0 aliphatic carbocycles. The lowest BCUT2D eigenvalue weighted by atomic mass is 9.95. The van der Waals surface area contributed by atoms with Crippen LogP contribution in [-0.4, -0.2) is 49.3 Å². The van der Waals surface area contributed by atoms with Gasteiger partial charge in [0.05, 0.1) is 30.9 Å². The first kappa shape index (κ1) is 11.2. The van der Waals surface area contributed by atoms with Gasteiger partial charge in [-0.3, -0.25) is 4.79 Å². The van der Waals surface area contributed by atoms with Gasteiger partial charge in [-0.05, 0) is 17.9 Å². The van der Waals surface area contributed by atoms with Crippen molar-refractivity contribution >= 4 is 17.2 Å². The third kappa shape index (κ3) is 1.88. The molecule has 3 rings (SSSR count). The van der Waals surface area contributed by atoms with Crippen LogP contribution < -0.4 is 0 Å². The van der Waals surface area contributed by atoms with E-state index in [9.17, 15) is 4.79 Å². The van der Waals surface area contributed by atoms with E-state index >= 15 is 0 Å². The van der Waals surface area contributed by atoms with Gasteiger partial charge in [0.2, 0.25) is 0 Å². The van der Waals surface area contributed by atoms with Crippen LogP contribution in [-0.2, 0) is 9.47 Å². The molecule has 5 heteroatoms. The lowest BCUT2D eigenvalue weighted by Crippen LogP contribution is -2.59. The minimum atomic E-state index is -0.225. The lowest BCUT2D eigenvalue weighted by molar-refractivity contribution is -0.0550. The van der Waals surface area contributed by atoms with Crippen LogP contribution in [0.25, 0.3) is 0 Å². The monoisotopic (exact) mass is 253 g/mol. The summed E-state index contributed by atoms with van der Waals surface area (Å²) >= 11 is 1.55. The van der Waals surface area contributed by atoms with Crippen LogP contribution in [0, 0.1) is 0 Å². The number of amides is 1. The molecule has 0 bridgehead atoms. The average Bonchev–Trinajstić information content (AvgIpc) is 3.00. The summed E-state index contributed by atoms with van der Waals surface area (Å²) in [6.07, 6.45) is 0.878. The molecule has 0 radical (unpaired) electrons. The summed E-state index contributed by atoms with van der Waals surface area (Å²) in [5, 5.41) is 3.84. The summed E-state index contributed by atoms with van der Waals surface area (Å²) < 4.78 is 11.0. The van der Waals surface area contributed by atoms with Crippen molar-refractivity contribution in [3.05, 3.63) is 22.4 Å². The molecule has 0 saturated carbocycles. The van der Waals surface area contributed by atoms with Gasteiger partial charge in [0, 0.05) is 18.5 Å². The van der Waals surface area contributed by atoms with E-state index in [0.717, 1.165) is 18.6 Å². The van der Waals surface area contributed by atoms with Crippen LogP contribution in [0.15, 0.2) is 16.8 Å². The number of hydrogen-bond acceptors (Lipinski definition) is 4. The number of carbonyl (C=O) groups is 1. The fourth-order valence-corrected chi connectivity index (χ4v) is 3.14. The van der Waals surface area contributed by atoms with Crippen molar-refractivity contribution < 1.29 is 14.3 Å². The Labute approximate surface area is 104 Å². The van der Waals surface area contributed by atoms with E-state index in [-0.39, 0.29) is 11.4 Å². The third-order valence-electron chi connectivity index (χ3n) is 3.50. The largest absolute Gasteiger partial charge is 0.379 e. The topological polar surface area (TPSA) is 38.8 Å². The Morgan fingerprint density at radius 1 is 1.35 bits per heavy atom. The Bertz CT molecular complexity index is 398. The van der Waals surface area contributed by atoms with Crippen LogP contribution in [0.3, 0.4) is 0 Å². The van der Waals surface area contributed by atoms with Crippen LogP contribution in [0.5, 0.6) is 0 Å². The number of rotatable bonds is 1. The lowest BCUT2D eigenvalue weighted by Gasteiger charge is -2.43. The Hall–Kier alpha value is -0.910. The summed E-state index contributed by atoms with van der Waals surface area (Å²) in [7, 11) is 0. The summed E-state index contributed by atoms with van der Waals surface area (Å²) in [6, 6.07) is 1.88. The van der Waals surface area contributed by atoms with Gasteiger partial charge in [-0.15, -0.1) is 0 Å². The van der Waals surface area contributed by atoms with Gasteiger partial charge in [-0.25, -0.2) is 0 Å². The molecule has 0 aromatic carbocycles. The molecule has 1 aromatic heterocycles. The van der Waals surface area contributed by atoms with Crippen LogP contribution in [0.2, 0.25) is 0 Å². The molecule has 17 heavy (non-hydrogen) atoms. The maximum atomic E-state index is 12.4. The van der Waals surface area contributed by atoms with Crippen molar-refractivity contribution in [1.29, 1.82) is 0 Å². The second-order valence-corrected chi connectivity index (χ2v) is 5.33.